The molecule has 108 valence electrons. The molecule has 0 saturated heterocycles. The van der Waals surface area contributed by atoms with Crippen LogP contribution >= 0.6 is 11.6 Å². The van der Waals surface area contributed by atoms with Gasteiger partial charge in [-0.15, -0.1) is 0 Å². The van der Waals surface area contributed by atoms with E-state index in [4.69, 9.17) is 11.6 Å². The van der Waals surface area contributed by atoms with Crippen LogP contribution in [0.2, 0.25) is 5.02 Å². The Bertz CT molecular complexity index is 589. The average Bonchev–Trinajstić information content (AvgIpc) is 2.87. The van der Waals surface area contributed by atoms with Crippen LogP contribution in [-0.4, -0.2) is 23.2 Å². The third kappa shape index (κ3) is 3.13. The number of hydrogen-bond acceptors (Lipinski definition) is 4. The van der Waals surface area contributed by atoms with Gasteiger partial charge >= 0.3 is 11.8 Å². The molecular formula is C13H14ClF2N3O. The molecule has 2 aromatic rings. The maximum atomic E-state index is 14.2. The van der Waals surface area contributed by atoms with Crippen molar-refractivity contribution in [3.63, 3.8) is 0 Å². The zero-order valence-electron chi connectivity index (χ0n) is 11.0. The summed E-state index contributed by atoms with van der Waals surface area (Å²) in [6, 6.07) is 5.49. The molecule has 0 spiro atoms. The van der Waals surface area contributed by atoms with Crippen molar-refractivity contribution >= 4 is 11.6 Å². The number of aromatic nitrogens is 2. The molecular weight excluding hydrogens is 288 g/mol. The predicted molar refractivity (Wildman–Crippen MR) is 71.0 cm³/mol. The first-order valence-corrected chi connectivity index (χ1v) is 6.45. The second-order valence-electron chi connectivity index (χ2n) is 4.49. The quantitative estimate of drug-likeness (QED) is 0.922. The van der Waals surface area contributed by atoms with E-state index in [0.717, 1.165) is 0 Å². The van der Waals surface area contributed by atoms with Crippen LogP contribution < -0.4 is 5.32 Å². The third-order valence-electron chi connectivity index (χ3n) is 2.91. The molecule has 0 aliphatic carbocycles. The van der Waals surface area contributed by atoms with Crippen molar-refractivity contribution in [1.82, 2.24) is 15.5 Å². The average molecular weight is 302 g/mol. The Morgan fingerprint density at radius 1 is 1.45 bits per heavy atom. The lowest BCUT2D eigenvalue weighted by Gasteiger charge is -2.11. The van der Waals surface area contributed by atoms with Crippen LogP contribution in [-0.2, 0) is 12.3 Å². The van der Waals surface area contributed by atoms with E-state index in [-0.39, 0.29) is 22.5 Å². The highest BCUT2D eigenvalue weighted by Gasteiger charge is 2.40. The van der Waals surface area contributed by atoms with Crippen LogP contribution in [0.4, 0.5) is 8.78 Å². The molecule has 0 aliphatic rings. The molecule has 1 N–H and O–H groups in total. The van der Waals surface area contributed by atoms with E-state index in [1.165, 1.54) is 24.3 Å². The number of nitrogens with zero attached hydrogens (tertiary/aromatic N) is 2. The highest BCUT2D eigenvalue weighted by atomic mass is 35.5. The Labute approximate surface area is 120 Å². The summed E-state index contributed by atoms with van der Waals surface area (Å²) in [5.41, 5.74) is -0.276. The monoisotopic (exact) mass is 301 g/mol. The van der Waals surface area contributed by atoms with E-state index in [0.29, 0.717) is 6.42 Å². The standard InChI is InChI=1S/C13H14ClF2N3O/c1-8(17-2)6-11-18-12(20-19-11)13(15,16)9-4-3-5-10(14)7-9/h3-5,7-8,17H,6H2,1-2H3. The topological polar surface area (TPSA) is 51.0 Å². The molecule has 0 radical (unpaired) electrons. The predicted octanol–water partition coefficient (Wildman–Crippen LogP) is 3.01. The van der Waals surface area contributed by atoms with Gasteiger partial charge in [0.2, 0.25) is 0 Å². The Morgan fingerprint density at radius 2 is 2.20 bits per heavy atom. The van der Waals surface area contributed by atoms with E-state index in [1.807, 2.05) is 6.92 Å². The molecule has 1 heterocycles. The van der Waals surface area contributed by atoms with Crippen LogP contribution in [0.1, 0.15) is 24.2 Å². The van der Waals surface area contributed by atoms with Crippen molar-refractivity contribution < 1.29 is 13.3 Å². The highest BCUT2D eigenvalue weighted by molar-refractivity contribution is 6.30. The lowest BCUT2D eigenvalue weighted by Crippen LogP contribution is -2.24. The van der Waals surface area contributed by atoms with Gasteiger partial charge in [0.1, 0.15) is 0 Å². The normalized spacial score (nSPS) is 13.4. The van der Waals surface area contributed by atoms with Gasteiger partial charge < -0.3 is 9.84 Å². The largest absolute Gasteiger partial charge is 0.350 e. The molecule has 0 fully saturated rings. The molecule has 7 heteroatoms. The summed E-state index contributed by atoms with van der Waals surface area (Å²) < 4.78 is 33.1. The van der Waals surface area contributed by atoms with Crippen LogP contribution in [0.5, 0.6) is 0 Å². The lowest BCUT2D eigenvalue weighted by molar-refractivity contribution is 0.00762. The van der Waals surface area contributed by atoms with Gasteiger partial charge in [-0.25, -0.2) is 0 Å². The number of rotatable bonds is 5. The molecule has 0 saturated carbocycles. The van der Waals surface area contributed by atoms with E-state index in [2.05, 4.69) is 20.0 Å². The summed E-state index contributed by atoms with van der Waals surface area (Å²) in [6.45, 7) is 1.89. The molecule has 20 heavy (non-hydrogen) atoms. The number of hydrogen-bond donors (Lipinski definition) is 1. The first-order valence-electron chi connectivity index (χ1n) is 6.07. The van der Waals surface area contributed by atoms with Gasteiger partial charge in [-0.1, -0.05) is 28.9 Å². The number of nitrogens with one attached hydrogen (secondary N) is 1. The van der Waals surface area contributed by atoms with Gasteiger partial charge in [0.15, 0.2) is 5.82 Å². The number of benzene rings is 1. The van der Waals surface area contributed by atoms with Crippen molar-refractivity contribution in [2.75, 3.05) is 7.05 Å². The van der Waals surface area contributed by atoms with Crippen molar-refractivity contribution in [3.05, 3.63) is 46.6 Å². The Kier molecular flexibility index (Phi) is 4.35. The Hall–Kier alpha value is -1.53. The second-order valence-corrected chi connectivity index (χ2v) is 4.93. The summed E-state index contributed by atoms with van der Waals surface area (Å²) in [5.74, 6) is -3.85. The Balaban J connectivity index is 2.26. The molecule has 0 bridgehead atoms. The zero-order valence-corrected chi connectivity index (χ0v) is 11.8. The van der Waals surface area contributed by atoms with E-state index < -0.39 is 11.8 Å². The van der Waals surface area contributed by atoms with E-state index in [9.17, 15) is 8.78 Å². The van der Waals surface area contributed by atoms with E-state index >= 15 is 0 Å². The molecule has 1 aromatic carbocycles. The zero-order chi connectivity index (χ0) is 14.8. The first-order chi connectivity index (χ1) is 9.43. The highest BCUT2D eigenvalue weighted by Crippen LogP contribution is 2.35. The number of likely N-dealkylation sites (N-methyl/N-ethyl adjacent to an activating group) is 1. The molecule has 2 rings (SSSR count). The fourth-order valence-corrected chi connectivity index (χ4v) is 1.84. The lowest BCUT2D eigenvalue weighted by atomic mass is 10.1. The SMILES string of the molecule is CNC(C)Cc1noc(C(F)(F)c2cccc(Cl)c2)n1. The minimum Gasteiger partial charge on any atom is -0.332 e. The fourth-order valence-electron chi connectivity index (χ4n) is 1.65. The van der Waals surface area contributed by atoms with Gasteiger partial charge in [-0.05, 0) is 26.1 Å². The summed E-state index contributed by atoms with van der Waals surface area (Å²) in [4.78, 5) is 3.77. The fraction of sp³-hybridized carbons (Fsp3) is 0.385. The van der Waals surface area contributed by atoms with Crippen LogP contribution in [0.25, 0.3) is 0 Å². The summed E-state index contributed by atoms with van der Waals surface area (Å²) in [5, 5.41) is 6.78. The second kappa shape index (κ2) is 5.85. The molecule has 0 amide bonds. The van der Waals surface area contributed by atoms with Gasteiger partial charge in [-0.2, -0.15) is 13.8 Å². The number of alkyl halides is 2. The van der Waals surface area contributed by atoms with Gasteiger partial charge in [0, 0.05) is 23.0 Å². The smallest absolute Gasteiger partial charge is 0.332 e. The van der Waals surface area contributed by atoms with Gasteiger partial charge in [-0.3, -0.25) is 0 Å². The number of halogens is 3. The Morgan fingerprint density at radius 3 is 2.85 bits per heavy atom. The van der Waals surface area contributed by atoms with Crippen LogP contribution in [0, 0.1) is 0 Å². The third-order valence-corrected chi connectivity index (χ3v) is 3.14. The minimum atomic E-state index is -3.36. The van der Waals surface area contributed by atoms with Crippen molar-refractivity contribution in [2.24, 2.45) is 0 Å². The summed E-state index contributed by atoms with van der Waals surface area (Å²) in [6.07, 6.45) is 0.408. The van der Waals surface area contributed by atoms with Crippen LogP contribution in [0.3, 0.4) is 0 Å². The maximum absolute atomic E-state index is 14.2. The van der Waals surface area contributed by atoms with Crippen LogP contribution in [0.15, 0.2) is 28.8 Å². The maximum Gasteiger partial charge on any atom is 0.350 e. The summed E-state index contributed by atoms with van der Waals surface area (Å²) in [7, 11) is 1.77. The minimum absolute atomic E-state index is 0.0697. The molecule has 1 unspecified atom stereocenters. The van der Waals surface area contributed by atoms with Crippen molar-refractivity contribution in [1.29, 1.82) is 0 Å². The molecule has 4 nitrogen and oxygen atoms in total. The van der Waals surface area contributed by atoms with Crippen molar-refractivity contribution in [2.45, 2.75) is 25.3 Å². The summed E-state index contributed by atoms with van der Waals surface area (Å²) >= 11 is 5.72. The molecule has 1 atom stereocenters. The van der Waals surface area contributed by atoms with Gasteiger partial charge in [0.05, 0.1) is 0 Å². The molecule has 0 aliphatic heterocycles. The molecule has 1 aromatic heterocycles. The van der Waals surface area contributed by atoms with Gasteiger partial charge in [0.25, 0.3) is 0 Å². The van der Waals surface area contributed by atoms with E-state index in [1.54, 1.807) is 7.05 Å². The first kappa shape index (κ1) is 14.9. The van der Waals surface area contributed by atoms with Crippen molar-refractivity contribution in [3.8, 4) is 0 Å².